The first kappa shape index (κ1) is 15.3. The summed E-state index contributed by atoms with van der Waals surface area (Å²) in [5.41, 5.74) is 1.99. The van der Waals surface area contributed by atoms with Gasteiger partial charge in [-0.15, -0.1) is 0 Å². The lowest BCUT2D eigenvalue weighted by Gasteiger charge is -2.09. The lowest BCUT2D eigenvalue weighted by molar-refractivity contribution is 0.776. The maximum absolute atomic E-state index is 4.54. The fourth-order valence-corrected chi connectivity index (χ4v) is 2.42. The fourth-order valence-electron chi connectivity index (χ4n) is 1.80. The highest BCUT2D eigenvalue weighted by molar-refractivity contribution is 9.10. The van der Waals surface area contributed by atoms with E-state index >= 15 is 0 Å². The summed E-state index contributed by atoms with van der Waals surface area (Å²) in [7, 11) is 0. The molecule has 1 N–H and O–H groups in total. The van der Waals surface area contributed by atoms with Gasteiger partial charge in [-0.1, -0.05) is 18.7 Å². The van der Waals surface area contributed by atoms with Gasteiger partial charge in [0.2, 0.25) is 0 Å². The zero-order valence-corrected chi connectivity index (χ0v) is 14.5. The van der Waals surface area contributed by atoms with Crippen LogP contribution >= 0.6 is 27.7 Å². The number of nitrogens with one attached hydrogen (secondary N) is 1. The van der Waals surface area contributed by atoms with E-state index in [2.05, 4.69) is 43.2 Å². The average Bonchev–Trinajstić information content (AvgIpc) is 2.72. The highest BCUT2D eigenvalue weighted by atomic mass is 79.9. The van der Waals surface area contributed by atoms with Gasteiger partial charge in [0.05, 0.1) is 15.9 Å². The van der Waals surface area contributed by atoms with Crippen LogP contribution in [-0.4, -0.2) is 32.5 Å². The minimum Gasteiger partial charge on any atom is -0.370 e. The summed E-state index contributed by atoms with van der Waals surface area (Å²) in [6.45, 7) is 7.01. The van der Waals surface area contributed by atoms with Gasteiger partial charge < -0.3 is 5.32 Å². The Labute approximate surface area is 131 Å². The molecule has 20 heavy (non-hydrogen) atoms. The molecule has 0 saturated heterocycles. The molecule has 5 nitrogen and oxygen atoms in total. The van der Waals surface area contributed by atoms with Crippen LogP contribution in [0.2, 0.25) is 0 Å². The first-order chi connectivity index (χ1) is 9.56. The van der Waals surface area contributed by atoms with Crippen LogP contribution in [0.5, 0.6) is 0 Å². The normalized spacial score (nSPS) is 10.8. The molecule has 2 aromatic heterocycles. The smallest absolute Gasteiger partial charge is 0.191 e. The average molecular weight is 356 g/mol. The number of nitrogens with zero attached hydrogens (tertiary/aromatic N) is 4. The van der Waals surface area contributed by atoms with Crippen molar-refractivity contribution in [1.29, 1.82) is 0 Å². The molecule has 2 aromatic rings. The van der Waals surface area contributed by atoms with Gasteiger partial charge in [0.15, 0.2) is 11.0 Å². The molecule has 0 fully saturated rings. The van der Waals surface area contributed by atoms with Gasteiger partial charge in [-0.3, -0.25) is 0 Å². The van der Waals surface area contributed by atoms with Gasteiger partial charge in [-0.2, -0.15) is 5.10 Å². The van der Waals surface area contributed by atoms with Crippen molar-refractivity contribution in [3.05, 3.63) is 21.9 Å². The van der Waals surface area contributed by atoms with Crippen LogP contribution in [-0.2, 0) is 0 Å². The summed E-state index contributed by atoms with van der Waals surface area (Å²) in [5, 5.41) is 8.56. The monoisotopic (exact) mass is 355 g/mol. The summed E-state index contributed by atoms with van der Waals surface area (Å²) in [5.74, 6) is 1.62. The summed E-state index contributed by atoms with van der Waals surface area (Å²) in [4.78, 5) is 9.00. The van der Waals surface area contributed by atoms with Crippen LogP contribution in [0.4, 0.5) is 5.82 Å². The third-order valence-electron chi connectivity index (χ3n) is 2.85. The van der Waals surface area contributed by atoms with Crippen molar-refractivity contribution in [2.24, 2.45) is 0 Å². The summed E-state index contributed by atoms with van der Waals surface area (Å²) < 4.78 is 2.86. The van der Waals surface area contributed by atoms with Crippen LogP contribution in [0.1, 0.15) is 24.7 Å². The first-order valence-corrected chi connectivity index (χ1v) is 8.47. The predicted molar refractivity (Wildman–Crippen MR) is 86.9 cm³/mol. The van der Waals surface area contributed by atoms with Crippen LogP contribution < -0.4 is 5.32 Å². The molecule has 0 atom stereocenters. The number of anilines is 1. The molecular formula is C13H18BrN5S. The minimum atomic E-state index is 0.741. The second-order valence-corrected chi connectivity index (χ2v) is 5.99. The van der Waals surface area contributed by atoms with E-state index in [1.54, 1.807) is 0 Å². The second kappa shape index (κ2) is 6.58. The van der Waals surface area contributed by atoms with E-state index in [0.717, 1.165) is 45.6 Å². The topological polar surface area (TPSA) is 55.6 Å². The number of aromatic nitrogens is 4. The Hall–Kier alpha value is -1.08. The van der Waals surface area contributed by atoms with E-state index in [0.29, 0.717) is 0 Å². The molecule has 2 heterocycles. The summed E-state index contributed by atoms with van der Waals surface area (Å²) in [6, 6.07) is 1.93. The van der Waals surface area contributed by atoms with E-state index in [1.807, 2.05) is 30.9 Å². The molecule has 108 valence electrons. The Bertz CT molecular complexity index is 611. The minimum absolute atomic E-state index is 0.741. The molecule has 0 aliphatic rings. The SMILES string of the molecule is CCCNc1cc(-n2nc(C)c(Br)c2C)nc(SC)n1. The molecule has 0 bridgehead atoms. The van der Waals surface area contributed by atoms with Crippen LogP contribution in [0.25, 0.3) is 5.82 Å². The van der Waals surface area contributed by atoms with E-state index in [4.69, 9.17) is 0 Å². The van der Waals surface area contributed by atoms with Crippen LogP contribution in [0.15, 0.2) is 15.7 Å². The molecule has 0 aliphatic carbocycles. The highest BCUT2D eigenvalue weighted by Crippen LogP contribution is 2.24. The lowest BCUT2D eigenvalue weighted by atomic mass is 10.4. The first-order valence-electron chi connectivity index (χ1n) is 6.45. The standard InChI is InChI=1S/C13H18BrN5S/c1-5-6-15-10-7-11(17-13(16-10)20-4)19-9(3)12(14)8(2)18-19/h7H,5-6H2,1-4H3,(H,15,16,17). The molecule has 0 amide bonds. The zero-order chi connectivity index (χ0) is 14.7. The number of thioether (sulfide) groups is 1. The molecular weight excluding hydrogens is 338 g/mol. The Morgan fingerprint density at radius 2 is 2.10 bits per heavy atom. The molecule has 7 heteroatoms. The van der Waals surface area contributed by atoms with Crippen LogP contribution in [0, 0.1) is 13.8 Å². The third kappa shape index (κ3) is 3.15. The van der Waals surface area contributed by atoms with Gasteiger partial charge in [0.1, 0.15) is 5.82 Å². The van der Waals surface area contributed by atoms with Gasteiger partial charge >= 0.3 is 0 Å². The molecule has 0 saturated carbocycles. The zero-order valence-electron chi connectivity index (χ0n) is 12.1. The molecule has 0 unspecified atom stereocenters. The van der Waals surface area contributed by atoms with Gasteiger partial charge in [-0.25, -0.2) is 14.6 Å². The van der Waals surface area contributed by atoms with Crippen molar-refractivity contribution in [1.82, 2.24) is 19.7 Å². The van der Waals surface area contributed by atoms with Gasteiger partial charge in [0, 0.05) is 12.6 Å². The Balaban J connectivity index is 2.46. The number of aryl methyl sites for hydroxylation is 1. The van der Waals surface area contributed by atoms with Crippen LogP contribution in [0.3, 0.4) is 0 Å². The van der Waals surface area contributed by atoms with E-state index in [1.165, 1.54) is 11.8 Å². The number of hydrogen-bond acceptors (Lipinski definition) is 5. The fraction of sp³-hybridized carbons (Fsp3) is 0.462. The Morgan fingerprint density at radius 3 is 2.65 bits per heavy atom. The van der Waals surface area contributed by atoms with E-state index in [-0.39, 0.29) is 0 Å². The Kier molecular flexibility index (Phi) is 5.04. The van der Waals surface area contributed by atoms with Crippen molar-refractivity contribution in [3.63, 3.8) is 0 Å². The molecule has 0 aromatic carbocycles. The number of hydrogen-bond donors (Lipinski definition) is 1. The summed E-state index contributed by atoms with van der Waals surface area (Å²) >= 11 is 5.07. The lowest BCUT2D eigenvalue weighted by Crippen LogP contribution is -2.08. The molecule has 0 spiro atoms. The van der Waals surface area contributed by atoms with Crippen molar-refractivity contribution in [3.8, 4) is 5.82 Å². The predicted octanol–water partition coefficient (Wildman–Crippen LogP) is 3.59. The van der Waals surface area contributed by atoms with E-state index in [9.17, 15) is 0 Å². The van der Waals surface area contributed by atoms with Crippen molar-refractivity contribution in [2.45, 2.75) is 32.3 Å². The highest BCUT2D eigenvalue weighted by Gasteiger charge is 2.13. The Morgan fingerprint density at radius 1 is 1.35 bits per heavy atom. The molecule has 0 aliphatic heterocycles. The maximum atomic E-state index is 4.54. The van der Waals surface area contributed by atoms with Gasteiger partial charge in [-0.05, 0) is 42.5 Å². The molecule has 2 rings (SSSR count). The van der Waals surface area contributed by atoms with Crippen molar-refractivity contribution < 1.29 is 0 Å². The van der Waals surface area contributed by atoms with Crippen molar-refractivity contribution in [2.75, 3.05) is 18.1 Å². The van der Waals surface area contributed by atoms with Gasteiger partial charge in [0.25, 0.3) is 0 Å². The number of halogens is 1. The van der Waals surface area contributed by atoms with Crippen molar-refractivity contribution >= 4 is 33.5 Å². The maximum Gasteiger partial charge on any atom is 0.191 e. The largest absolute Gasteiger partial charge is 0.370 e. The quantitative estimate of drug-likeness (QED) is 0.656. The second-order valence-electron chi connectivity index (χ2n) is 4.42. The van der Waals surface area contributed by atoms with E-state index < -0.39 is 0 Å². The molecule has 0 radical (unpaired) electrons. The number of rotatable bonds is 5. The third-order valence-corrected chi connectivity index (χ3v) is 4.55. The summed E-state index contributed by atoms with van der Waals surface area (Å²) in [6.07, 6.45) is 3.03.